The largest absolute Gasteiger partial charge is 0.467 e. The number of hydrogen-bond donors (Lipinski definition) is 1. The average Bonchev–Trinajstić information content (AvgIpc) is 2.65. The number of esters is 1. The zero-order valence-corrected chi connectivity index (χ0v) is 14.4. The van der Waals surface area contributed by atoms with Gasteiger partial charge in [0.15, 0.2) is 9.84 Å². The molecule has 0 bridgehead atoms. The quantitative estimate of drug-likeness (QED) is 0.743. The third-order valence-electron chi connectivity index (χ3n) is 3.47. The summed E-state index contributed by atoms with van der Waals surface area (Å²) in [4.78, 5) is 28.1. The van der Waals surface area contributed by atoms with Crippen LogP contribution in [-0.4, -0.2) is 44.2 Å². The van der Waals surface area contributed by atoms with Gasteiger partial charge in [-0.3, -0.25) is 9.78 Å². The standard InChI is InChI=1S/C17H18N2O5S/c1-24-17(21)15(19-16(20)14-9-5-6-11-18-14)10-12-25(22,23)13-7-3-2-4-8-13/h2-9,11,15H,10,12H2,1H3,(H,19,20)/t15-/m0/s1. The van der Waals surface area contributed by atoms with Crippen LogP contribution in [0.1, 0.15) is 16.9 Å². The van der Waals surface area contributed by atoms with Crippen LogP contribution in [0.3, 0.4) is 0 Å². The third kappa shape index (κ3) is 5.12. The lowest BCUT2D eigenvalue weighted by Crippen LogP contribution is -2.42. The SMILES string of the molecule is COC(=O)[C@H](CCS(=O)(=O)c1ccccc1)NC(=O)c1ccccn1. The third-order valence-corrected chi connectivity index (χ3v) is 5.23. The lowest BCUT2D eigenvalue weighted by molar-refractivity contribution is -0.142. The van der Waals surface area contributed by atoms with Gasteiger partial charge in [0.05, 0.1) is 17.8 Å². The summed E-state index contributed by atoms with van der Waals surface area (Å²) in [5.74, 6) is -1.60. The molecule has 0 saturated carbocycles. The Labute approximate surface area is 146 Å². The molecule has 0 unspecified atom stereocenters. The van der Waals surface area contributed by atoms with Crippen molar-refractivity contribution in [2.24, 2.45) is 0 Å². The van der Waals surface area contributed by atoms with Gasteiger partial charge in [0.25, 0.3) is 5.91 Å². The molecule has 1 N–H and O–H groups in total. The molecule has 0 saturated heterocycles. The minimum absolute atomic E-state index is 0.109. The highest BCUT2D eigenvalue weighted by Crippen LogP contribution is 2.12. The normalized spacial score (nSPS) is 12.2. The topological polar surface area (TPSA) is 102 Å². The first-order valence-electron chi connectivity index (χ1n) is 7.51. The van der Waals surface area contributed by atoms with Crippen LogP contribution >= 0.6 is 0 Å². The summed E-state index contributed by atoms with van der Waals surface area (Å²) in [6, 6.07) is 11.6. The lowest BCUT2D eigenvalue weighted by atomic mass is 10.2. The maximum Gasteiger partial charge on any atom is 0.328 e. The fourth-order valence-corrected chi connectivity index (χ4v) is 3.49. The summed E-state index contributed by atoms with van der Waals surface area (Å²) in [5.41, 5.74) is 0.127. The zero-order valence-electron chi connectivity index (χ0n) is 13.6. The van der Waals surface area contributed by atoms with E-state index in [0.29, 0.717) is 0 Å². The first-order valence-corrected chi connectivity index (χ1v) is 9.17. The number of methoxy groups -OCH3 is 1. The Bertz CT molecular complexity index is 823. The molecule has 0 spiro atoms. The molecule has 1 heterocycles. The van der Waals surface area contributed by atoms with E-state index in [2.05, 4.69) is 15.0 Å². The molecule has 0 fully saturated rings. The number of amides is 1. The van der Waals surface area contributed by atoms with Crippen molar-refractivity contribution in [3.63, 3.8) is 0 Å². The Morgan fingerprint density at radius 3 is 2.40 bits per heavy atom. The van der Waals surface area contributed by atoms with Crippen molar-refractivity contribution >= 4 is 21.7 Å². The highest BCUT2D eigenvalue weighted by Gasteiger charge is 2.25. The first kappa shape index (κ1) is 18.6. The predicted molar refractivity (Wildman–Crippen MR) is 90.6 cm³/mol. The second-order valence-corrected chi connectivity index (χ2v) is 7.29. The molecule has 1 aromatic heterocycles. The predicted octanol–water partition coefficient (Wildman–Crippen LogP) is 1.22. The highest BCUT2D eigenvalue weighted by atomic mass is 32.2. The van der Waals surface area contributed by atoms with Gasteiger partial charge < -0.3 is 10.1 Å². The summed E-state index contributed by atoms with van der Waals surface area (Å²) in [5, 5.41) is 2.47. The van der Waals surface area contributed by atoms with E-state index in [1.165, 1.54) is 31.5 Å². The second kappa shape index (κ2) is 8.39. The number of ether oxygens (including phenoxy) is 1. The average molecular weight is 362 g/mol. The summed E-state index contributed by atoms with van der Waals surface area (Å²) >= 11 is 0. The van der Waals surface area contributed by atoms with Crippen molar-refractivity contribution in [1.29, 1.82) is 0 Å². The highest BCUT2D eigenvalue weighted by molar-refractivity contribution is 7.91. The van der Waals surface area contributed by atoms with E-state index < -0.39 is 27.8 Å². The summed E-state index contributed by atoms with van der Waals surface area (Å²) in [6.45, 7) is 0. The number of sulfone groups is 1. The molecule has 132 valence electrons. The van der Waals surface area contributed by atoms with Crippen molar-refractivity contribution in [3.05, 3.63) is 60.4 Å². The number of hydrogen-bond acceptors (Lipinski definition) is 6. The van der Waals surface area contributed by atoms with E-state index in [0.717, 1.165) is 0 Å². The maximum atomic E-state index is 12.3. The molecule has 0 aliphatic carbocycles. The number of carbonyl (C=O) groups is 2. The number of nitrogens with zero attached hydrogens (tertiary/aromatic N) is 1. The number of benzene rings is 1. The number of nitrogens with one attached hydrogen (secondary N) is 1. The van der Waals surface area contributed by atoms with Crippen LogP contribution in [-0.2, 0) is 19.4 Å². The van der Waals surface area contributed by atoms with Crippen molar-refractivity contribution in [2.45, 2.75) is 17.4 Å². The fourth-order valence-electron chi connectivity index (χ4n) is 2.14. The first-order chi connectivity index (χ1) is 11.9. The Kier molecular flexibility index (Phi) is 6.24. The Morgan fingerprint density at radius 1 is 1.12 bits per heavy atom. The van der Waals surface area contributed by atoms with Crippen molar-refractivity contribution < 1.29 is 22.7 Å². The van der Waals surface area contributed by atoms with Crippen LogP contribution in [0.2, 0.25) is 0 Å². The second-order valence-electron chi connectivity index (χ2n) is 5.18. The van der Waals surface area contributed by atoms with Gasteiger partial charge in [0.1, 0.15) is 11.7 Å². The molecule has 0 aliphatic rings. The molecular weight excluding hydrogens is 344 g/mol. The Balaban J connectivity index is 2.08. The Morgan fingerprint density at radius 2 is 1.80 bits per heavy atom. The number of aromatic nitrogens is 1. The molecule has 1 aromatic carbocycles. The van der Waals surface area contributed by atoms with Gasteiger partial charge in [-0.15, -0.1) is 0 Å². The van der Waals surface area contributed by atoms with E-state index in [-0.39, 0.29) is 22.8 Å². The molecule has 2 aromatic rings. The molecule has 25 heavy (non-hydrogen) atoms. The molecule has 8 heteroatoms. The zero-order chi connectivity index (χ0) is 18.3. The minimum Gasteiger partial charge on any atom is -0.467 e. The summed E-state index contributed by atoms with van der Waals surface area (Å²) < 4.78 is 29.3. The van der Waals surface area contributed by atoms with Crippen LogP contribution < -0.4 is 5.32 Å². The van der Waals surface area contributed by atoms with E-state index in [1.54, 1.807) is 30.3 Å². The van der Waals surface area contributed by atoms with Crippen LogP contribution in [0.25, 0.3) is 0 Å². The van der Waals surface area contributed by atoms with Gasteiger partial charge in [0.2, 0.25) is 0 Å². The van der Waals surface area contributed by atoms with Crippen LogP contribution in [0.5, 0.6) is 0 Å². The van der Waals surface area contributed by atoms with Gasteiger partial charge in [-0.05, 0) is 30.7 Å². The smallest absolute Gasteiger partial charge is 0.328 e. The van der Waals surface area contributed by atoms with E-state index in [1.807, 2.05) is 0 Å². The molecular formula is C17H18N2O5S. The number of pyridine rings is 1. The summed E-state index contributed by atoms with van der Waals surface area (Å²) in [7, 11) is -2.40. The van der Waals surface area contributed by atoms with Crippen LogP contribution in [0.15, 0.2) is 59.6 Å². The van der Waals surface area contributed by atoms with Gasteiger partial charge in [-0.2, -0.15) is 0 Å². The van der Waals surface area contributed by atoms with Gasteiger partial charge >= 0.3 is 5.97 Å². The molecule has 7 nitrogen and oxygen atoms in total. The molecule has 2 rings (SSSR count). The lowest BCUT2D eigenvalue weighted by Gasteiger charge is -2.16. The van der Waals surface area contributed by atoms with E-state index in [4.69, 9.17) is 0 Å². The molecule has 0 radical (unpaired) electrons. The molecule has 1 amide bonds. The van der Waals surface area contributed by atoms with E-state index in [9.17, 15) is 18.0 Å². The molecule has 0 aliphatic heterocycles. The van der Waals surface area contributed by atoms with Crippen molar-refractivity contribution in [1.82, 2.24) is 10.3 Å². The van der Waals surface area contributed by atoms with Crippen molar-refractivity contribution in [2.75, 3.05) is 12.9 Å². The number of rotatable bonds is 7. The van der Waals surface area contributed by atoms with Crippen LogP contribution in [0.4, 0.5) is 0 Å². The molecule has 1 atom stereocenters. The minimum atomic E-state index is -3.57. The van der Waals surface area contributed by atoms with Gasteiger partial charge in [0, 0.05) is 6.20 Å². The monoisotopic (exact) mass is 362 g/mol. The fraction of sp³-hybridized carbons (Fsp3) is 0.235. The van der Waals surface area contributed by atoms with E-state index >= 15 is 0 Å². The maximum absolute atomic E-state index is 12.3. The van der Waals surface area contributed by atoms with Crippen LogP contribution in [0, 0.1) is 0 Å². The Hall–Kier alpha value is -2.74. The number of carbonyl (C=O) groups excluding carboxylic acids is 2. The van der Waals surface area contributed by atoms with Gasteiger partial charge in [-0.25, -0.2) is 13.2 Å². The summed E-state index contributed by atoms with van der Waals surface area (Å²) in [6.07, 6.45) is 1.34. The van der Waals surface area contributed by atoms with Gasteiger partial charge in [-0.1, -0.05) is 24.3 Å². The van der Waals surface area contributed by atoms with Crippen molar-refractivity contribution in [3.8, 4) is 0 Å².